The van der Waals surface area contributed by atoms with Crippen molar-refractivity contribution in [2.24, 2.45) is 0 Å². The van der Waals surface area contributed by atoms with Gasteiger partial charge in [-0.2, -0.15) is 0 Å². The number of rotatable bonds is 7. The average molecular weight is 253 g/mol. The highest BCUT2D eigenvalue weighted by molar-refractivity contribution is 5.66. The van der Waals surface area contributed by atoms with Gasteiger partial charge in [-0.1, -0.05) is 0 Å². The number of aliphatic carboxylic acids is 1. The van der Waals surface area contributed by atoms with Gasteiger partial charge in [-0.25, -0.2) is 0 Å². The minimum atomic E-state index is -0.822. The van der Waals surface area contributed by atoms with Crippen molar-refractivity contribution in [3.63, 3.8) is 0 Å². The summed E-state index contributed by atoms with van der Waals surface area (Å²) < 4.78 is 5.52. The molecule has 18 heavy (non-hydrogen) atoms. The zero-order valence-electron chi connectivity index (χ0n) is 10.0. The predicted octanol–water partition coefficient (Wildman–Crippen LogP) is 2.62. The Kier molecular flexibility index (Phi) is 5.10. The Morgan fingerprint density at radius 2 is 2.06 bits per heavy atom. The summed E-state index contributed by atoms with van der Waals surface area (Å²) in [5.41, 5.74) is 0.0147. The summed E-state index contributed by atoms with van der Waals surface area (Å²) >= 11 is 0. The van der Waals surface area contributed by atoms with E-state index in [1.54, 1.807) is 0 Å². The van der Waals surface area contributed by atoms with Crippen LogP contribution in [0.5, 0.6) is 5.75 Å². The number of nitro benzene ring substituents is 1. The lowest BCUT2D eigenvalue weighted by Crippen LogP contribution is -2.12. The average Bonchev–Trinajstić information content (AvgIpc) is 2.29. The van der Waals surface area contributed by atoms with Crippen LogP contribution in [0.3, 0.4) is 0 Å². The molecular weight excluding hydrogens is 238 g/mol. The number of nitrogens with zero attached hydrogens (tertiary/aromatic N) is 1. The lowest BCUT2D eigenvalue weighted by Gasteiger charge is -2.13. The van der Waals surface area contributed by atoms with Crippen LogP contribution in [0.4, 0.5) is 5.69 Å². The van der Waals surface area contributed by atoms with E-state index in [1.807, 2.05) is 6.92 Å². The molecule has 0 radical (unpaired) electrons. The van der Waals surface area contributed by atoms with Crippen molar-refractivity contribution in [1.82, 2.24) is 0 Å². The minimum Gasteiger partial charge on any atom is -0.491 e. The van der Waals surface area contributed by atoms with Gasteiger partial charge in [0.2, 0.25) is 0 Å². The largest absolute Gasteiger partial charge is 0.491 e. The summed E-state index contributed by atoms with van der Waals surface area (Å²) in [6.45, 7) is 1.84. The highest BCUT2D eigenvalue weighted by atomic mass is 16.6. The molecule has 98 valence electrons. The number of nitro groups is 1. The molecule has 0 heterocycles. The Labute approximate surface area is 104 Å². The first-order valence-corrected chi connectivity index (χ1v) is 5.62. The monoisotopic (exact) mass is 253 g/mol. The van der Waals surface area contributed by atoms with Crippen LogP contribution in [0.1, 0.15) is 26.2 Å². The molecule has 0 aliphatic rings. The summed E-state index contributed by atoms with van der Waals surface area (Å²) in [5, 5.41) is 18.9. The van der Waals surface area contributed by atoms with E-state index in [9.17, 15) is 14.9 Å². The first-order chi connectivity index (χ1) is 8.49. The smallest absolute Gasteiger partial charge is 0.303 e. The predicted molar refractivity (Wildman–Crippen MR) is 64.7 cm³/mol. The molecule has 6 heteroatoms. The molecule has 1 unspecified atom stereocenters. The van der Waals surface area contributed by atoms with E-state index in [2.05, 4.69) is 0 Å². The third-order valence-corrected chi connectivity index (χ3v) is 2.39. The Morgan fingerprint density at radius 3 is 2.56 bits per heavy atom. The lowest BCUT2D eigenvalue weighted by atomic mass is 10.2. The fourth-order valence-electron chi connectivity index (χ4n) is 1.48. The van der Waals surface area contributed by atoms with Crippen molar-refractivity contribution < 1.29 is 19.6 Å². The normalized spacial score (nSPS) is 11.8. The molecule has 0 amide bonds. The van der Waals surface area contributed by atoms with Crippen molar-refractivity contribution in [2.45, 2.75) is 32.3 Å². The first kappa shape index (κ1) is 14.0. The molecule has 0 aromatic heterocycles. The van der Waals surface area contributed by atoms with Crippen molar-refractivity contribution in [3.8, 4) is 5.75 Å². The van der Waals surface area contributed by atoms with E-state index in [4.69, 9.17) is 9.84 Å². The van der Waals surface area contributed by atoms with Crippen molar-refractivity contribution >= 4 is 11.7 Å². The number of benzene rings is 1. The van der Waals surface area contributed by atoms with Crippen LogP contribution in [0, 0.1) is 10.1 Å². The van der Waals surface area contributed by atoms with Gasteiger partial charge in [0.25, 0.3) is 5.69 Å². The van der Waals surface area contributed by atoms with E-state index < -0.39 is 10.9 Å². The van der Waals surface area contributed by atoms with Crippen LogP contribution in [-0.2, 0) is 4.79 Å². The molecule has 1 rings (SSSR count). The molecule has 0 fully saturated rings. The number of ether oxygens (including phenoxy) is 1. The van der Waals surface area contributed by atoms with E-state index in [1.165, 1.54) is 24.3 Å². The maximum absolute atomic E-state index is 10.4. The molecule has 0 saturated carbocycles. The molecule has 0 saturated heterocycles. The molecular formula is C12H15NO5. The van der Waals surface area contributed by atoms with Crippen LogP contribution in [0.15, 0.2) is 24.3 Å². The Hall–Kier alpha value is -2.11. The van der Waals surface area contributed by atoms with E-state index in [0.29, 0.717) is 18.6 Å². The van der Waals surface area contributed by atoms with Gasteiger partial charge >= 0.3 is 5.97 Å². The summed E-state index contributed by atoms with van der Waals surface area (Å²) in [5.74, 6) is -0.277. The molecule has 1 aromatic carbocycles. The maximum atomic E-state index is 10.4. The lowest BCUT2D eigenvalue weighted by molar-refractivity contribution is -0.384. The number of hydrogen-bond acceptors (Lipinski definition) is 4. The van der Waals surface area contributed by atoms with Gasteiger partial charge in [-0.15, -0.1) is 0 Å². The van der Waals surface area contributed by atoms with Crippen molar-refractivity contribution in [3.05, 3.63) is 34.4 Å². The maximum Gasteiger partial charge on any atom is 0.303 e. The fourth-order valence-corrected chi connectivity index (χ4v) is 1.48. The Balaban J connectivity index is 2.41. The first-order valence-electron chi connectivity index (χ1n) is 5.62. The second-order valence-electron chi connectivity index (χ2n) is 3.97. The minimum absolute atomic E-state index is 0.0147. The van der Waals surface area contributed by atoms with Crippen LogP contribution in [0.2, 0.25) is 0 Å². The summed E-state index contributed by atoms with van der Waals surface area (Å²) in [6, 6.07) is 5.82. The zero-order chi connectivity index (χ0) is 13.5. The van der Waals surface area contributed by atoms with E-state index >= 15 is 0 Å². The van der Waals surface area contributed by atoms with Crippen LogP contribution >= 0.6 is 0 Å². The summed E-state index contributed by atoms with van der Waals surface area (Å²) in [4.78, 5) is 20.3. The third-order valence-electron chi connectivity index (χ3n) is 2.39. The Bertz CT molecular complexity index is 415. The van der Waals surface area contributed by atoms with Gasteiger partial charge in [0.15, 0.2) is 0 Å². The second kappa shape index (κ2) is 6.58. The van der Waals surface area contributed by atoms with E-state index in [0.717, 1.165) is 0 Å². The molecule has 0 aliphatic heterocycles. The van der Waals surface area contributed by atoms with Gasteiger partial charge in [-0.3, -0.25) is 14.9 Å². The van der Waals surface area contributed by atoms with Crippen LogP contribution in [0.25, 0.3) is 0 Å². The molecule has 0 bridgehead atoms. The molecule has 0 aliphatic carbocycles. The van der Waals surface area contributed by atoms with Gasteiger partial charge < -0.3 is 9.84 Å². The Morgan fingerprint density at radius 1 is 1.44 bits per heavy atom. The highest BCUT2D eigenvalue weighted by Gasteiger charge is 2.08. The topological polar surface area (TPSA) is 89.7 Å². The van der Waals surface area contributed by atoms with Crippen LogP contribution < -0.4 is 4.74 Å². The highest BCUT2D eigenvalue weighted by Crippen LogP contribution is 2.19. The van der Waals surface area contributed by atoms with E-state index in [-0.39, 0.29) is 18.2 Å². The molecule has 1 atom stereocenters. The number of carbonyl (C=O) groups is 1. The molecule has 6 nitrogen and oxygen atoms in total. The standard InChI is InChI=1S/C12H15NO5/c1-9(3-2-4-12(14)15)18-11-7-5-10(6-8-11)13(16)17/h5-9H,2-4H2,1H3,(H,14,15). The SMILES string of the molecule is CC(CCCC(=O)O)Oc1ccc([N+](=O)[O-])cc1. The third kappa shape index (κ3) is 4.82. The quantitative estimate of drug-likeness (QED) is 0.595. The second-order valence-corrected chi connectivity index (χ2v) is 3.97. The molecule has 0 spiro atoms. The molecule has 1 N–H and O–H groups in total. The summed E-state index contributed by atoms with van der Waals surface area (Å²) in [7, 11) is 0. The van der Waals surface area contributed by atoms with Crippen LogP contribution in [-0.4, -0.2) is 22.1 Å². The number of carboxylic acid groups (broad SMARTS) is 1. The zero-order valence-corrected chi connectivity index (χ0v) is 10.0. The number of carboxylic acids is 1. The number of non-ortho nitro benzene ring substituents is 1. The van der Waals surface area contributed by atoms with Gasteiger partial charge in [-0.05, 0) is 31.9 Å². The number of hydrogen-bond donors (Lipinski definition) is 1. The van der Waals surface area contributed by atoms with Crippen molar-refractivity contribution in [1.29, 1.82) is 0 Å². The fraction of sp³-hybridized carbons (Fsp3) is 0.417. The molecule has 1 aromatic rings. The van der Waals surface area contributed by atoms with Gasteiger partial charge in [0, 0.05) is 18.6 Å². The van der Waals surface area contributed by atoms with Gasteiger partial charge in [0.05, 0.1) is 11.0 Å². The summed E-state index contributed by atoms with van der Waals surface area (Å²) in [6.07, 6.45) is 1.17. The van der Waals surface area contributed by atoms with Gasteiger partial charge in [0.1, 0.15) is 5.75 Å². The van der Waals surface area contributed by atoms with Crippen molar-refractivity contribution in [2.75, 3.05) is 0 Å².